The zero-order valence-corrected chi connectivity index (χ0v) is 22.1. The summed E-state index contributed by atoms with van der Waals surface area (Å²) >= 11 is 0. The molecule has 182 valence electrons. The minimum Gasteiger partial charge on any atom is -0.318 e. The molecule has 0 aliphatic heterocycles. The molecular weight excluding hydrogens is 393 g/mol. The van der Waals surface area contributed by atoms with Gasteiger partial charge in [-0.25, -0.2) is 0 Å². The molecule has 0 aromatic heterocycles. The highest BCUT2D eigenvalue weighted by molar-refractivity contribution is 7.54. The number of hydrogen-bond donors (Lipinski definition) is 1. The summed E-state index contributed by atoms with van der Waals surface area (Å²) in [5.74, 6) is 0.827. The van der Waals surface area contributed by atoms with Gasteiger partial charge in [0, 0.05) is 0 Å². The fraction of sp³-hybridized carbons (Fsp3) is 1.00. The number of unbranched alkanes of at least 4 members (excludes halogenated alkanes) is 3. The second-order valence-corrected chi connectivity index (χ2v) is 11.4. The van der Waals surface area contributed by atoms with E-state index in [4.69, 9.17) is 14.8 Å². The second kappa shape index (κ2) is 18.7. The molecule has 0 saturated carbocycles. The van der Waals surface area contributed by atoms with Crippen LogP contribution in [0.25, 0.3) is 0 Å². The highest BCUT2D eigenvalue weighted by Crippen LogP contribution is 2.54. The maximum absolute atomic E-state index is 13.9. The average molecular weight is 448 g/mol. The smallest absolute Gasteiger partial charge is 0.318 e. The van der Waals surface area contributed by atoms with Crippen molar-refractivity contribution >= 4 is 7.60 Å². The zero-order valence-electron chi connectivity index (χ0n) is 21.2. The molecule has 0 radical (unpaired) electrons. The van der Waals surface area contributed by atoms with E-state index in [9.17, 15) is 4.57 Å². The van der Waals surface area contributed by atoms with E-state index >= 15 is 0 Å². The zero-order chi connectivity index (χ0) is 22.8. The van der Waals surface area contributed by atoms with Crippen molar-refractivity contribution in [3.05, 3.63) is 0 Å². The summed E-state index contributed by atoms with van der Waals surface area (Å²) in [4.78, 5) is 0. The third-order valence-corrected chi connectivity index (χ3v) is 8.63. The van der Waals surface area contributed by atoms with Crippen LogP contribution >= 0.6 is 7.60 Å². The van der Waals surface area contributed by atoms with Crippen molar-refractivity contribution < 1.29 is 13.6 Å². The third-order valence-electron chi connectivity index (χ3n) is 6.59. The van der Waals surface area contributed by atoms with E-state index in [0.717, 1.165) is 44.9 Å². The van der Waals surface area contributed by atoms with Crippen molar-refractivity contribution in [2.75, 3.05) is 13.2 Å². The van der Waals surface area contributed by atoms with Gasteiger partial charge in [-0.05, 0) is 37.0 Å². The average Bonchev–Trinajstić information content (AvgIpc) is 2.76. The lowest BCUT2D eigenvalue weighted by Crippen LogP contribution is -2.28. The lowest BCUT2D eigenvalue weighted by molar-refractivity contribution is 0.143. The predicted octanol–water partition coefficient (Wildman–Crippen LogP) is 8.54. The summed E-state index contributed by atoms with van der Waals surface area (Å²) in [5, 5.41) is 0. The van der Waals surface area contributed by atoms with E-state index < -0.39 is 13.4 Å². The van der Waals surface area contributed by atoms with Gasteiger partial charge in [0.15, 0.2) is 0 Å². The van der Waals surface area contributed by atoms with Gasteiger partial charge in [0.25, 0.3) is 0 Å². The molecule has 0 aliphatic carbocycles. The first kappa shape index (κ1) is 30.1. The first-order valence-electron chi connectivity index (χ1n) is 13.0. The maximum Gasteiger partial charge on any atom is 0.347 e. The highest BCUT2D eigenvalue weighted by atomic mass is 31.2. The van der Waals surface area contributed by atoms with Gasteiger partial charge in [0.05, 0.1) is 13.2 Å². The van der Waals surface area contributed by atoms with E-state index in [0.29, 0.717) is 31.0 Å². The number of hydrogen-bond acceptors (Lipinski definition) is 4. The molecule has 0 heterocycles. The number of nitrogens with two attached hydrogens (primary N) is 1. The van der Waals surface area contributed by atoms with Crippen LogP contribution in [0.5, 0.6) is 0 Å². The SMILES string of the molecule is CCCCC(CC)COP(=O)(OCC(CC)CCCC)C(N)CC(CC)CCCC. The van der Waals surface area contributed by atoms with Gasteiger partial charge in [-0.1, -0.05) is 106 Å². The van der Waals surface area contributed by atoms with Gasteiger partial charge in [-0.3, -0.25) is 4.57 Å². The number of rotatable bonds is 21. The van der Waals surface area contributed by atoms with Gasteiger partial charge in [0.2, 0.25) is 0 Å². The Balaban J connectivity index is 5.16. The molecule has 0 aromatic rings. The van der Waals surface area contributed by atoms with Crippen molar-refractivity contribution in [3.8, 4) is 0 Å². The molecule has 4 atom stereocenters. The normalized spacial score (nSPS) is 18.0. The molecule has 4 nitrogen and oxygen atoms in total. The lowest BCUT2D eigenvalue weighted by atomic mass is 9.96. The van der Waals surface area contributed by atoms with Gasteiger partial charge >= 0.3 is 7.60 Å². The Morgan fingerprint density at radius 3 is 1.37 bits per heavy atom. The molecular formula is C25H54NO3P. The molecule has 0 saturated heterocycles. The van der Waals surface area contributed by atoms with Crippen LogP contribution in [0.15, 0.2) is 0 Å². The van der Waals surface area contributed by atoms with E-state index in [1.807, 2.05) is 0 Å². The Bertz CT molecular complexity index is 409. The van der Waals surface area contributed by atoms with Crippen LogP contribution in [0.1, 0.15) is 125 Å². The quantitative estimate of drug-likeness (QED) is 0.179. The van der Waals surface area contributed by atoms with Gasteiger partial charge in [-0.15, -0.1) is 0 Å². The monoisotopic (exact) mass is 447 g/mol. The minimum absolute atomic E-state index is 0.429. The lowest BCUT2D eigenvalue weighted by Gasteiger charge is -2.29. The highest BCUT2D eigenvalue weighted by Gasteiger charge is 2.36. The summed E-state index contributed by atoms with van der Waals surface area (Å²) in [6.07, 6.45) is 14.3. The fourth-order valence-corrected chi connectivity index (χ4v) is 5.75. The van der Waals surface area contributed by atoms with Crippen LogP contribution in [0.2, 0.25) is 0 Å². The van der Waals surface area contributed by atoms with Crippen LogP contribution in [0.4, 0.5) is 0 Å². The summed E-state index contributed by atoms with van der Waals surface area (Å²) in [5.41, 5.74) is 6.54. The Labute approximate surface area is 189 Å². The standard InChI is InChI=1S/C25H54NO3P/c1-7-13-16-22(10-4)19-25(26)30(27,28-20-23(11-5)17-14-8-2)29-21-24(12-6)18-15-9-3/h22-25H,7-21,26H2,1-6H3. The molecule has 0 aromatic carbocycles. The molecule has 0 spiro atoms. The Kier molecular flexibility index (Phi) is 18.7. The van der Waals surface area contributed by atoms with Crippen LogP contribution in [-0.2, 0) is 13.6 Å². The van der Waals surface area contributed by atoms with Crippen LogP contribution < -0.4 is 5.73 Å². The predicted molar refractivity (Wildman–Crippen MR) is 132 cm³/mol. The second-order valence-electron chi connectivity index (χ2n) is 9.18. The molecule has 4 unspecified atom stereocenters. The summed E-state index contributed by atoms with van der Waals surface area (Å²) in [7, 11) is -3.33. The molecule has 2 N–H and O–H groups in total. The molecule has 30 heavy (non-hydrogen) atoms. The van der Waals surface area contributed by atoms with Crippen molar-refractivity contribution in [2.24, 2.45) is 23.5 Å². The van der Waals surface area contributed by atoms with Crippen LogP contribution in [0.3, 0.4) is 0 Å². The largest absolute Gasteiger partial charge is 0.347 e. The summed E-state index contributed by atoms with van der Waals surface area (Å²) < 4.78 is 26.1. The minimum atomic E-state index is -3.33. The molecule has 0 rings (SSSR count). The van der Waals surface area contributed by atoms with Crippen LogP contribution in [-0.4, -0.2) is 19.0 Å². The van der Waals surface area contributed by atoms with E-state index in [-0.39, 0.29) is 0 Å². The molecule has 0 fully saturated rings. The van der Waals surface area contributed by atoms with Crippen LogP contribution in [0, 0.1) is 17.8 Å². The van der Waals surface area contributed by atoms with Crippen molar-refractivity contribution in [1.82, 2.24) is 0 Å². The van der Waals surface area contributed by atoms with Gasteiger partial charge < -0.3 is 14.8 Å². The molecule has 0 aliphatic rings. The topological polar surface area (TPSA) is 61.5 Å². The van der Waals surface area contributed by atoms with E-state index in [1.165, 1.54) is 38.5 Å². The van der Waals surface area contributed by atoms with Crippen molar-refractivity contribution in [1.29, 1.82) is 0 Å². The Morgan fingerprint density at radius 2 is 1.03 bits per heavy atom. The Morgan fingerprint density at radius 1 is 0.667 bits per heavy atom. The maximum atomic E-state index is 13.9. The first-order chi connectivity index (χ1) is 14.4. The fourth-order valence-electron chi connectivity index (χ4n) is 3.90. The summed E-state index contributed by atoms with van der Waals surface area (Å²) in [6.45, 7) is 14.2. The van der Waals surface area contributed by atoms with Gasteiger partial charge in [-0.2, -0.15) is 0 Å². The van der Waals surface area contributed by atoms with Crippen molar-refractivity contribution in [2.45, 2.75) is 131 Å². The van der Waals surface area contributed by atoms with E-state index in [1.54, 1.807) is 0 Å². The molecule has 0 bridgehead atoms. The van der Waals surface area contributed by atoms with Gasteiger partial charge in [0.1, 0.15) is 5.78 Å². The molecule has 5 heteroatoms. The Hall–Kier alpha value is 0.110. The molecule has 0 amide bonds. The first-order valence-corrected chi connectivity index (χ1v) is 14.7. The summed E-state index contributed by atoms with van der Waals surface area (Å²) in [6, 6.07) is 0. The third kappa shape index (κ3) is 12.8. The van der Waals surface area contributed by atoms with E-state index in [2.05, 4.69) is 41.5 Å². The van der Waals surface area contributed by atoms with Crippen molar-refractivity contribution in [3.63, 3.8) is 0 Å².